The molecule has 0 aliphatic rings. The fourth-order valence-corrected chi connectivity index (χ4v) is 2.21. The van der Waals surface area contributed by atoms with Crippen LogP contribution in [-0.2, 0) is 6.54 Å². The summed E-state index contributed by atoms with van der Waals surface area (Å²) in [4.78, 5) is 13.5. The highest BCUT2D eigenvalue weighted by Gasteiger charge is 2.06. The molecule has 5 heteroatoms. The molecule has 2 heterocycles. The van der Waals surface area contributed by atoms with E-state index < -0.39 is 0 Å². The maximum atomic E-state index is 4.61. The van der Waals surface area contributed by atoms with Crippen molar-refractivity contribution < 1.29 is 0 Å². The second-order valence-corrected chi connectivity index (χ2v) is 5.17. The van der Waals surface area contributed by atoms with Gasteiger partial charge in [-0.25, -0.2) is 9.97 Å². The standard InChI is InChI=1S/C19H19N5/c1-2-11-21-17-13-18(22-14-16-10-6-7-12-20-16)24-19(23-17)15-8-4-3-5-9-15/h2-10,12-13H,1,11,14H2,(H2,21,22,23,24). The monoisotopic (exact) mass is 317 g/mol. The number of anilines is 2. The molecule has 0 amide bonds. The molecule has 2 aromatic heterocycles. The van der Waals surface area contributed by atoms with Crippen LogP contribution in [0.25, 0.3) is 11.4 Å². The molecule has 1 aromatic carbocycles. The molecule has 0 spiro atoms. The lowest BCUT2D eigenvalue weighted by Gasteiger charge is -2.11. The van der Waals surface area contributed by atoms with Crippen LogP contribution in [0.4, 0.5) is 11.6 Å². The average Bonchev–Trinajstić information content (AvgIpc) is 2.66. The molecular formula is C19H19N5. The molecule has 3 aromatic rings. The highest BCUT2D eigenvalue weighted by atomic mass is 15.1. The Bertz CT molecular complexity index is 787. The minimum absolute atomic E-state index is 0.604. The summed E-state index contributed by atoms with van der Waals surface area (Å²) in [5, 5.41) is 6.53. The molecule has 2 N–H and O–H groups in total. The minimum atomic E-state index is 0.604. The lowest BCUT2D eigenvalue weighted by molar-refractivity contribution is 1.02. The largest absolute Gasteiger partial charge is 0.366 e. The van der Waals surface area contributed by atoms with Gasteiger partial charge in [-0.3, -0.25) is 4.98 Å². The Morgan fingerprint density at radius 2 is 1.67 bits per heavy atom. The molecule has 0 saturated carbocycles. The van der Waals surface area contributed by atoms with Crippen molar-refractivity contribution in [1.82, 2.24) is 15.0 Å². The number of nitrogens with zero attached hydrogens (tertiary/aromatic N) is 3. The van der Waals surface area contributed by atoms with E-state index in [0.717, 1.165) is 22.9 Å². The van der Waals surface area contributed by atoms with Crippen molar-refractivity contribution in [2.24, 2.45) is 0 Å². The Morgan fingerprint density at radius 1 is 0.917 bits per heavy atom. The molecule has 0 fully saturated rings. The normalized spacial score (nSPS) is 10.2. The summed E-state index contributed by atoms with van der Waals surface area (Å²) in [6.45, 7) is 4.97. The Kier molecular flexibility index (Phi) is 5.14. The zero-order chi connectivity index (χ0) is 16.6. The summed E-state index contributed by atoms with van der Waals surface area (Å²) in [5.74, 6) is 2.18. The van der Waals surface area contributed by atoms with E-state index in [4.69, 9.17) is 0 Å². The van der Waals surface area contributed by atoms with Crippen molar-refractivity contribution in [1.29, 1.82) is 0 Å². The van der Waals surface area contributed by atoms with Crippen LogP contribution in [0.2, 0.25) is 0 Å². The van der Waals surface area contributed by atoms with Gasteiger partial charge in [0.25, 0.3) is 0 Å². The first-order valence-electron chi connectivity index (χ1n) is 7.78. The van der Waals surface area contributed by atoms with E-state index in [0.29, 0.717) is 18.9 Å². The van der Waals surface area contributed by atoms with Crippen LogP contribution in [-0.4, -0.2) is 21.5 Å². The van der Waals surface area contributed by atoms with E-state index in [2.05, 4.69) is 32.2 Å². The molecule has 0 aliphatic carbocycles. The summed E-state index contributed by atoms with van der Waals surface area (Å²) >= 11 is 0. The fraction of sp³-hybridized carbons (Fsp3) is 0.105. The second kappa shape index (κ2) is 7.87. The lowest BCUT2D eigenvalue weighted by Crippen LogP contribution is -2.07. The van der Waals surface area contributed by atoms with Crippen LogP contribution < -0.4 is 10.6 Å². The third-order valence-electron chi connectivity index (χ3n) is 3.36. The second-order valence-electron chi connectivity index (χ2n) is 5.17. The van der Waals surface area contributed by atoms with E-state index in [9.17, 15) is 0 Å². The quantitative estimate of drug-likeness (QED) is 0.650. The molecule has 0 bridgehead atoms. The molecule has 0 saturated heterocycles. The number of benzene rings is 1. The van der Waals surface area contributed by atoms with Gasteiger partial charge in [0.2, 0.25) is 0 Å². The van der Waals surface area contributed by atoms with Gasteiger partial charge in [0.1, 0.15) is 11.6 Å². The van der Waals surface area contributed by atoms with E-state index >= 15 is 0 Å². The Labute approximate surface area is 141 Å². The van der Waals surface area contributed by atoms with Gasteiger partial charge in [0.15, 0.2) is 5.82 Å². The Balaban J connectivity index is 1.85. The number of nitrogens with one attached hydrogen (secondary N) is 2. The molecular weight excluding hydrogens is 298 g/mol. The van der Waals surface area contributed by atoms with E-state index in [1.165, 1.54) is 0 Å². The van der Waals surface area contributed by atoms with Crippen molar-refractivity contribution in [2.75, 3.05) is 17.2 Å². The SMILES string of the molecule is C=CCNc1cc(NCc2ccccn2)nc(-c2ccccc2)n1. The topological polar surface area (TPSA) is 62.7 Å². The zero-order valence-electron chi connectivity index (χ0n) is 13.3. The van der Waals surface area contributed by atoms with Gasteiger partial charge in [0.05, 0.1) is 12.2 Å². The molecule has 0 unspecified atom stereocenters. The number of hydrogen-bond acceptors (Lipinski definition) is 5. The first kappa shape index (κ1) is 15.7. The van der Waals surface area contributed by atoms with Gasteiger partial charge in [-0.15, -0.1) is 6.58 Å². The predicted octanol–water partition coefficient (Wildman–Crippen LogP) is 3.75. The van der Waals surface area contributed by atoms with Gasteiger partial charge in [-0.2, -0.15) is 0 Å². The third-order valence-corrected chi connectivity index (χ3v) is 3.36. The molecule has 120 valence electrons. The highest BCUT2D eigenvalue weighted by molar-refractivity contribution is 5.61. The van der Waals surface area contributed by atoms with Crippen LogP contribution in [0.15, 0.2) is 73.4 Å². The van der Waals surface area contributed by atoms with Crippen LogP contribution in [0.1, 0.15) is 5.69 Å². The number of aromatic nitrogens is 3. The molecule has 0 aliphatic heterocycles. The van der Waals surface area contributed by atoms with Crippen molar-refractivity contribution >= 4 is 11.6 Å². The van der Waals surface area contributed by atoms with Crippen molar-refractivity contribution in [2.45, 2.75) is 6.54 Å². The maximum absolute atomic E-state index is 4.61. The Morgan fingerprint density at radius 3 is 2.38 bits per heavy atom. The van der Waals surface area contributed by atoms with Crippen molar-refractivity contribution in [3.05, 3.63) is 79.1 Å². The molecule has 24 heavy (non-hydrogen) atoms. The third kappa shape index (κ3) is 4.16. The van der Waals surface area contributed by atoms with Crippen molar-refractivity contribution in [3.8, 4) is 11.4 Å². The summed E-state index contributed by atoms with van der Waals surface area (Å²) in [6.07, 6.45) is 3.58. The summed E-state index contributed by atoms with van der Waals surface area (Å²) in [6, 6.07) is 17.7. The highest BCUT2D eigenvalue weighted by Crippen LogP contribution is 2.20. The van der Waals surface area contributed by atoms with Crippen LogP contribution >= 0.6 is 0 Å². The van der Waals surface area contributed by atoms with E-state index in [-0.39, 0.29) is 0 Å². The number of hydrogen-bond donors (Lipinski definition) is 2. The molecule has 0 radical (unpaired) electrons. The first-order chi connectivity index (χ1) is 11.8. The fourth-order valence-electron chi connectivity index (χ4n) is 2.21. The van der Waals surface area contributed by atoms with Crippen LogP contribution in [0.3, 0.4) is 0 Å². The van der Waals surface area contributed by atoms with Gasteiger partial charge in [-0.1, -0.05) is 42.5 Å². The molecule has 5 nitrogen and oxygen atoms in total. The van der Waals surface area contributed by atoms with Crippen LogP contribution in [0, 0.1) is 0 Å². The predicted molar refractivity (Wildman–Crippen MR) is 97.7 cm³/mol. The molecule has 3 rings (SSSR count). The Hall–Kier alpha value is -3.21. The summed E-state index contributed by atoms with van der Waals surface area (Å²) in [5.41, 5.74) is 1.93. The van der Waals surface area contributed by atoms with Gasteiger partial charge < -0.3 is 10.6 Å². The van der Waals surface area contributed by atoms with E-state index in [1.54, 1.807) is 12.3 Å². The van der Waals surface area contributed by atoms with Crippen LogP contribution in [0.5, 0.6) is 0 Å². The average molecular weight is 317 g/mol. The van der Waals surface area contributed by atoms with Gasteiger partial charge >= 0.3 is 0 Å². The maximum Gasteiger partial charge on any atom is 0.163 e. The first-order valence-corrected chi connectivity index (χ1v) is 7.78. The van der Waals surface area contributed by atoms with Gasteiger partial charge in [-0.05, 0) is 12.1 Å². The smallest absolute Gasteiger partial charge is 0.163 e. The minimum Gasteiger partial charge on any atom is -0.366 e. The lowest BCUT2D eigenvalue weighted by atomic mass is 10.2. The number of rotatable bonds is 7. The summed E-state index contributed by atoms with van der Waals surface area (Å²) < 4.78 is 0. The van der Waals surface area contributed by atoms with Gasteiger partial charge in [0, 0.05) is 24.4 Å². The summed E-state index contributed by atoms with van der Waals surface area (Å²) in [7, 11) is 0. The molecule has 0 atom stereocenters. The van der Waals surface area contributed by atoms with Crippen molar-refractivity contribution in [3.63, 3.8) is 0 Å². The number of pyridine rings is 1. The zero-order valence-corrected chi connectivity index (χ0v) is 13.3. The van der Waals surface area contributed by atoms with E-state index in [1.807, 2.05) is 54.6 Å².